The highest BCUT2D eigenvalue weighted by atomic mass is 35.5. The van der Waals surface area contributed by atoms with E-state index >= 15 is 0 Å². The summed E-state index contributed by atoms with van der Waals surface area (Å²) in [7, 11) is 0. The molecule has 0 aromatic heterocycles. The summed E-state index contributed by atoms with van der Waals surface area (Å²) in [5.41, 5.74) is 1.02. The molecule has 2 atom stereocenters. The van der Waals surface area contributed by atoms with Gasteiger partial charge in [-0.3, -0.25) is 0 Å². The van der Waals surface area contributed by atoms with Gasteiger partial charge in [0.15, 0.2) is 0 Å². The zero-order chi connectivity index (χ0) is 12.3. The van der Waals surface area contributed by atoms with Crippen molar-refractivity contribution in [3.8, 4) is 0 Å². The molecule has 2 rings (SSSR count). The number of halogens is 2. The zero-order valence-electron chi connectivity index (χ0n) is 10.2. The van der Waals surface area contributed by atoms with Crippen LogP contribution in [0.2, 0.25) is 10.0 Å². The van der Waals surface area contributed by atoms with Gasteiger partial charge >= 0.3 is 0 Å². The molecule has 0 heterocycles. The highest BCUT2D eigenvalue weighted by Gasteiger charge is 2.20. The Labute approximate surface area is 114 Å². The summed E-state index contributed by atoms with van der Waals surface area (Å²) in [5, 5.41) is 5.12. The van der Waals surface area contributed by atoms with Crippen LogP contribution >= 0.6 is 23.2 Å². The van der Waals surface area contributed by atoms with E-state index in [4.69, 9.17) is 23.2 Å². The van der Waals surface area contributed by atoms with Gasteiger partial charge in [0.05, 0.1) is 0 Å². The van der Waals surface area contributed by atoms with E-state index in [1.807, 2.05) is 18.2 Å². The van der Waals surface area contributed by atoms with Crippen molar-refractivity contribution in [2.75, 3.05) is 0 Å². The lowest BCUT2D eigenvalue weighted by molar-refractivity contribution is 0.279. The lowest BCUT2D eigenvalue weighted by atomic mass is 9.86. The topological polar surface area (TPSA) is 12.0 Å². The van der Waals surface area contributed by atoms with Crippen molar-refractivity contribution in [2.24, 2.45) is 5.92 Å². The third-order valence-electron chi connectivity index (χ3n) is 3.71. The van der Waals surface area contributed by atoms with Gasteiger partial charge in [0.1, 0.15) is 0 Å². The summed E-state index contributed by atoms with van der Waals surface area (Å²) in [6, 6.07) is 6.29. The Morgan fingerprint density at radius 2 is 1.82 bits per heavy atom. The van der Waals surface area contributed by atoms with Crippen molar-refractivity contribution in [3.63, 3.8) is 0 Å². The van der Waals surface area contributed by atoms with Crippen LogP contribution in [-0.4, -0.2) is 6.04 Å². The fraction of sp³-hybridized carbons (Fsp3) is 0.571. The first-order valence-corrected chi connectivity index (χ1v) is 7.10. The Morgan fingerprint density at radius 3 is 2.47 bits per heavy atom. The third-order valence-corrected chi connectivity index (χ3v) is 4.42. The van der Waals surface area contributed by atoms with Crippen molar-refractivity contribution >= 4 is 23.2 Å². The van der Waals surface area contributed by atoms with Gasteiger partial charge in [0.2, 0.25) is 0 Å². The third kappa shape index (κ3) is 3.37. The first kappa shape index (κ1) is 13.2. The number of benzene rings is 1. The summed E-state index contributed by atoms with van der Waals surface area (Å²) >= 11 is 12.3. The van der Waals surface area contributed by atoms with Gasteiger partial charge in [-0.1, -0.05) is 49.0 Å². The molecule has 0 radical (unpaired) electrons. The minimum absolute atomic E-state index is 0.607. The molecular formula is C14H19Cl2N. The van der Waals surface area contributed by atoms with Gasteiger partial charge in [-0.25, -0.2) is 0 Å². The molecule has 1 aliphatic carbocycles. The van der Waals surface area contributed by atoms with Gasteiger partial charge in [0.25, 0.3) is 0 Å². The fourth-order valence-corrected chi connectivity index (χ4v) is 3.08. The standard InChI is InChI=1S/C14H19Cl2N/c1-10-5-2-3-8-14(10)17-9-11-12(15)6-4-7-13(11)16/h4,6-7,10,14,17H,2-3,5,8-9H2,1H3. The highest BCUT2D eigenvalue weighted by molar-refractivity contribution is 6.35. The zero-order valence-corrected chi connectivity index (χ0v) is 11.7. The second-order valence-corrected chi connectivity index (χ2v) is 5.76. The van der Waals surface area contributed by atoms with Crippen molar-refractivity contribution in [2.45, 2.75) is 45.2 Å². The quantitative estimate of drug-likeness (QED) is 0.843. The van der Waals surface area contributed by atoms with Gasteiger partial charge in [0, 0.05) is 28.2 Å². The Hall–Kier alpha value is -0.240. The number of hydrogen-bond acceptors (Lipinski definition) is 1. The Morgan fingerprint density at radius 1 is 1.18 bits per heavy atom. The van der Waals surface area contributed by atoms with Crippen LogP contribution in [0.1, 0.15) is 38.2 Å². The van der Waals surface area contributed by atoms with Crippen LogP contribution in [0, 0.1) is 5.92 Å². The van der Waals surface area contributed by atoms with Crippen molar-refractivity contribution in [1.29, 1.82) is 0 Å². The molecule has 3 heteroatoms. The summed E-state index contributed by atoms with van der Waals surface area (Å²) in [5.74, 6) is 0.755. The molecular weight excluding hydrogens is 253 g/mol. The number of hydrogen-bond donors (Lipinski definition) is 1. The normalized spacial score (nSPS) is 24.9. The largest absolute Gasteiger partial charge is 0.310 e. The minimum Gasteiger partial charge on any atom is -0.310 e. The lowest BCUT2D eigenvalue weighted by Crippen LogP contribution is -2.36. The molecule has 2 unspecified atom stereocenters. The molecule has 94 valence electrons. The molecule has 0 saturated heterocycles. The SMILES string of the molecule is CC1CCCCC1NCc1c(Cl)cccc1Cl. The molecule has 1 nitrogen and oxygen atoms in total. The van der Waals surface area contributed by atoms with E-state index in [0.717, 1.165) is 28.1 Å². The first-order chi connectivity index (χ1) is 8.18. The maximum atomic E-state index is 6.16. The first-order valence-electron chi connectivity index (χ1n) is 6.34. The summed E-state index contributed by atoms with van der Waals surface area (Å²) in [6.07, 6.45) is 5.29. The molecule has 1 aromatic rings. The van der Waals surface area contributed by atoms with Crippen molar-refractivity contribution < 1.29 is 0 Å². The average Bonchev–Trinajstić information content (AvgIpc) is 2.30. The van der Waals surface area contributed by atoms with E-state index in [9.17, 15) is 0 Å². The van der Waals surface area contributed by atoms with Crippen LogP contribution < -0.4 is 5.32 Å². The minimum atomic E-state index is 0.607. The van der Waals surface area contributed by atoms with Crippen LogP contribution in [0.4, 0.5) is 0 Å². The summed E-state index contributed by atoms with van der Waals surface area (Å²) < 4.78 is 0. The van der Waals surface area contributed by atoms with E-state index in [2.05, 4.69) is 12.2 Å². The monoisotopic (exact) mass is 271 g/mol. The van der Waals surface area contributed by atoms with Crippen LogP contribution in [0.3, 0.4) is 0 Å². The predicted molar refractivity (Wildman–Crippen MR) is 74.7 cm³/mol. The molecule has 1 aromatic carbocycles. The van der Waals surface area contributed by atoms with Crippen LogP contribution in [0.5, 0.6) is 0 Å². The molecule has 0 spiro atoms. The van der Waals surface area contributed by atoms with Gasteiger partial charge in [-0.15, -0.1) is 0 Å². The smallest absolute Gasteiger partial charge is 0.0465 e. The van der Waals surface area contributed by atoms with Crippen LogP contribution in [0.25, 0.3) is 0 Å². The Balaban J connectivity index is 1.97. The van der Waals surface area contributed by atoms with E-state index in [1.165, 1.54) is 25.7 Å². The number of nitrogens with one attached hydrogen (secondary N) is 1. The molecule has 1 fully saturated rings. The molecule has 0 bridgehead atoms. The van der Waals surface area contributed by atoms with Crippen molar-refractivity contribution in [1.82, 2.24) is 5.32 Å². The van der Waals surface area contributed by atoms with E-state index in [1.54, 1.807) is 0 Å². The van der Waals surface area contributed by atoms with Gasteiger partial charge in [-0.05, 0) is 30.9 Å². The fourth-order valence-electron chi connectivity index (χ4n) is 2.55. The molecule has 1 N–H and O–H groups in total. The van der Waals surface area contributed by atoms with Crippen LogP contribution in [0.15, 0.2) is 18.2 Å². The van der Waals surface area contributed by atoms with Crippen LogP contribution in [-0.2, 0) is 6.54 Å². The predicted octanol–water partition coefficient (Wildman–Crippen LogP) is 4.66. The summed E-state index contributed by atoms with van der Waals surface area (Å²) in [6.45, 7) is 3.10. The maximum Gasteiger partial charge on any atom is 0.0465 e. The average molecular weight is 272 g/mol. The van der Waals surface area contributed by atoms with E-state index in [-0.39, 0.29) is 0 Å². The lowest BCUT2D eigenvalue weighted by Gasteiger charge is -2.30. The molecule has 1 aliphatic rings. The maximum absolute atomic E-state index is 6.16. The second kappa shape index (κ2) is 6.08. The molecule has 17 heavy (non-hydrogen) atoms. The second-order valence-electron chi connectivity index (χ2n) is 4.95. The summed E-state index contributed by atoms with van der Waals surface area (Å²) in [4.78, 5) is 0. The Bertz CT molecular complexity index is 358. The number of rotatable bonds is 3. The van der Waals surface area contributed by atoms with E-state index in [0.29, 0.717) is 6.04 Å². The van der Waals surface area contributed by atoms with Gasteiger partial charge < -0.3 is 5.32 Å². The molecule has 1 saturated carbocycles. The highest BCUT2D eigenvalue weighted by Crippen LogP contribution is 2.27. The molecule has 0 aliphatic heterocycles. The van der Waals surface area contributed by atoms with E-state index < -0.39 is 0 Å². The molecule has 0 amide bonds. The van der Waals surface area contributed by atoms with Crippen molar-refractivity contribution in [3.05, 3.63) is 33.8 Å². The Kier molecular flexibility index (Phi) is 4.72. The van der Waals surface area contributed by atoms with Gasteiger partial charge in [-0.2, -0.15) is 0 Å².